The minimum absolute atomic E-state index is 0.0650. The van der Waals surface area contributed by atoms with Gasteiger partial charge in [-0.25, -0.2) is 9.37 Å². The topological polar surface area (TPSA) is 55.6 Å². The summed E-state index contributed by atoms with van der Waals surface area (Å²) in [6.45, 7) is 1.21. The molecule has 1 unspecified atom stereocenters. The van der Waals surface area contributed by atoms with Crippen molar-refractivity contribution in [2.45, 2.75) is 18.9 Å². The zero-order valence-electron chi connectivity index (χ0n) is 13.6. The van der Waals surface area contributed by atoms with Crippen LogP contribution in [0.25, 0.3) is 16.9 Å². The number of amides is 1. The summed E-state index contributed by atoms with van der Waals surface area (Å²) in [5.41, 5.74) is 2.39. The van der Waals surface area contributed by atoms with Gasteiger partial charge < -0.3 is 10.1 Å². The van der Waals surface area contributed by atoms with Gasteiger partial charge in [0.05, 0.1) is 11.8 Å². The first-order chi connectivity index (χ1) is 12.2. The first-order valence-corrected chi connectivity index (χ1v) is 8.35. The number of benzene rings is 1. The summed E-state index contributed by atoms with van der Waals surface area (Å²) in [5, 5.41) is 2.91. The molecule has 3 aromatic rings. The molecule has 5 nitrogen and oxygen atoms in total. The fourth-order valence-corrected chi connectivity index (χ4v) is 3.13. The van der Waals surface area contributed by atoms with Crippen LogP contribution in [0.1, 0.15) is 23.3 Å². The zero-order chi connectivity index (χ0) is 17.2. The normalized spacial score (nSPS) is 17.1. The monoisotopic (exact) mass is 339 g/mol. The summed E-state index contributed by atoms with van der Waals surface area (Å²) in [6, 6.07) is 11.6. The van der Waals surface area contributed by atoms with Gasteiger partial charge in [0.2, 0.25) is 0 Å². The third kappa shape index (κ3) is 3.13. The van der Waals surface area contributed by atoms with E-state index in [1.54, 1.807) is 12.1 Å². The van der Waals surface area contributed by atoms with E-state index >= 15 is 0 Å². The zero-order valence-corrected chi connectivity index (χ0v) is 13.6. The van der Waals surface area contributed by atoms with E-state index < -0.39 is 0 Å². The molecule has 25 heavy (non-hydrogen) atoms. The SMILES string of the molecule is O=C(NCC1CCCO1)c1nc2ccccn2c1-c1ccc(F)cc1. The van der Waals surface area contributed by atoms with Crippen LogP contribution in [0.4, 0.5) is 4.39 Å². The fourth-order valence-electron chi connectivity index (χ4n) is 3.13. The number of halogens is 1. The van der Waals surface area contributed by atoms with Gasteiger partial charge in [-0.1, -0.05) is 6.07 Å². The summed E-state index contributed by atoms with van der Waals surface area (Å²) in [6.07, 6.45) is 3.89. The molecule has 6 heteroatoms. The number of pyridine rings is 1. The molecule has 1 atom stereocenters. The largest absolute Gasteiger partial charge is 0.376 e. The van der Waals surface area contributed by atoms with Crippen LogP contribution in [0.15, 0.2) is 48.7 Å². The molecule has 0 radical (unpaired) electrons. The molecule has 1 aliphatic heterocycles. The number of carbonyl (C=O) groups excluding carboxylic acids is 1. The van der Waals surface area contributed by atoms with Gasteiger partial charge >= 0.3 is 0 Å². The molecule has 0 aliphatic carbocycles. The van der Waals surface area contributed by atoms with E-state index in [0.29, 0.717) is 23.6 Å². The Morgan fingerprint density at radius 2 is 2.12 bits per heavy atom. The molecule has 128 valence electrons. The van der Waals surface area contributed by atoms with Crippen molar-refractivity contribution < 1.29 is 13.9 Å². The molecule has 0 saturated carbocycles. The smallest absolute Gasteiger partial charge is 0.272 e. The number of fused-ring (bicyclic) bond motifs is 1. The van der Waals surface area contributed by atoms with Gasteiger partial charge in [-0.3, -0.25) is 9.20 Å². The molecule has 1 aromatic carbocycles. The number of rotatable bonds is 4. The summed E-state index contributed by atoms with van der Waals surface area (Å²) in [4.78, 5) is 17.2. The molecular weight excluding hydrogens is 321 g/mol. The van der Waals surface area contributed by atoms with Gasteiger partial charge in [0.25, 0.3) is 5.91 Å². The Balaban J connectivity index is 1.70. The summed E-state index contributed by atoms with van der Waals surface area (Å²) in [5.74, 6) is -0.569. The van der Waals surface area contributed by atoms with E-state index in [0.717, 1.165) is 25.0 Å². The summed E-state index contributed by atoms with van der Waals surface area (Å²) in [7, 11) is 0. The number of hydrogen-bond acceptors (Lipinski definition) is 3. The second kappa shape index (κ2) is 6.64. The highest BCUT2D eigenvalue weighted by Gasteiger charge is 2.22. The third-order valence-corrected chi connectivity index (χ3v) is 4.38. The Morgan fingerprint density at radius 1 is 1.28 bits per heavy atom. The maximum Gasteiger partial charge on any atom is 0.272 e. The Morgan fingerprint density at radius 3 is 2.88 bits per heavy atom. The fraction of sp³-hybridized carbons (Fsp3) is 0.263. The molecule has 2 aromatic heterocycles. The van der Waals surface area contributed by atoms with E-state index in [1.807, 2.05) is 28.8 Å². The van der Waals surface area contributed by atoms with Crippen LogP contribution in [0.2, 0.25) is 0 Å². The van der Waals surface area contributed by atoms with E-state index in [9.17, 15) is 9.18 Å². The van der Waals surface area contributed by atoms with Gasteiger partial charge in [0.1, 0.15) is 11.5 Å². The molecule has 0 bridgehead atoms. The highest BCUT2D eigenvalue weighted by molar-refractivity contribution is 5.99. The Hall–Kier alpha value is -2.73. The average molecular weight is 339 g/mol. The lowest BCUT2D eigenvalue weighted by atomic mass is 10.1. The molecule has 3 heterocycles. The lowest BCUT2D eigenvalue weighted by Gasteiger charge is -2.11. The number of ether oxygens (including phenoxy) is 1. The number of imidazole rings is 1. The molecule has 1 aliphatic rings. The minimum atomic E-state index is -0.318. The second-order valence-electron chi connectivity index (χ2n) is 6.09. The first kappa shape index (κ1) is 15.8. The number of nitrogens with one attached hydrogen (secondary N) is 1. The molecule has 1 fully saturated rings. The molecule has 4 rings (SSSR count). The van der Waals surface area contributed by atoms with Crippen molar-refractivity contribution in [2.24, 2.45) is 0 Å². The van der Waals surface area contributed by atoms with Gasteiger partial charge in [0.15, 0.2) is 5.69 Å². The van der Waals surface area contributed by atoms with Crippen LogP contribution in [0, 0.1) is 5.82 Å². The summed E-state index contributed by atoms with van der Waals surface area (Å²) < 4.78 is 20.7. The van der Waals surface area contributed by atoms with Crippen molar-refractivity contribution in [3.63, 3.8) is 0 Å². The van der Waals surface area contributed by atoms with Crippen molar-refractivity contribution in [3.05, 3.63) is 60.2 Å². The highest BCUT2D eigenvalue weighted by Crippen LogP contribution is 2.25. The van der Waals surface area contributed by atoms with Crippen molar-refractivity contribution in [1.29, 1.82) is 0 Å². The predicted octanol–water partition coefficient (Wildman–Crippen LogP) is 3.05. The van der Waals surface area contributed by atoms with Crippen LogP contribution < -0.4 is 5.32 Å². The predicted molar refractivity (Wildman–Crippen MR) is 91.9 cm³/mol. The summed E-state index contributed by atoms with van der Waals surface area (Å²) >= 11 is 0. The van der Waals surface area contributed by atoms with Crippen molar-refractivity contribution >= 4 is 11.6 Å². The van der Waals surface area contributed by atoms with Crippen molar-refractivity contribution in [1.82, 2.24) is 14.7 Å². The van der Waals surface area contributed by atoms with Crippen LogP contribution in [-0.4, -0.2) is 34.5 Å². The number of aromatic nitrogens is 2. The Labute approximate surface area is 144 Å². The lowest BCUT2D eigenvalue weighted by Crippen LogP contribution is -2.32. The Kier molecular flexibility index (Phi) is 4.19. The minimum Gasteiger partial charge on any atom is -0.376 e. The van der Waals surface area contributed by atoms with Gasteiger partial charge in [-0.05, 0) is 49.2 Å². The van der Waals surface area contributed by atoms with Crippen LogP contribution in [0.5, 0.6) is 0 Å². The average Bonchev–Trinajstić information content (AvgIpc) is 3.28. The van der Waals surface area contributed by atoms with Crippen LogP contribution in [-0.2, 0) is 4.74 Å². The Bertz CT molecular complexity index is 899. The number of nitrogens with zero attached hydrogens (tertiary/aromatic N) is 2. The third-order valence-electron chi connectivity index (χ3n) is 4.38. The first-order valence-electron chi connectivity index (χ1n) is 8.35. The highest BCUT2D eigenvalue weighted by atomic mass is 19.1. The molecule has 0 spiro atoms. The molecule has 1 saturated heterocycles. The standard InChI is InChI=1S/C19H18FN3O2/c20-14-8-6-13(7-9-14)18-17(22-16-5-1-2-10-23(16)18)19(24)21-12-15-4-3-11-25-15/h1-2,5-10,15H,3-4,11-12H2,(H,21,24). The number of carbonyl (C=O) groups is 1. The van der Waals surface area contributed by atoms with Gasteiger partial charge in [-0.15, -0.1) is 0 Å². The molecule has 1 amide bonds. The maximum absolute atomic E-state index is 13.3. The van der Waals surface area contributed by atoms with E-state index in [-0.39, 0.29) is 17.8 Å². The van der Waals surface area contributed by atoms with Crippen molar-refractivity contribution in [3.8, 4) is 11.3 Å². The van der Waals surface area contributed by atoms with Gasteiger partial charge in [-0.2, -0.15) is 0 Å². The van der Waals surface area contributed by atoms with Gasteiger partial charge in [0, 0.05) is 24.9 Å². The van der Waals surface area contributed by atoms with Crippen molar-refractivity contribution in [2.75, 3.05) is 13.2 Å². The van der Waals surface area contributed by atoms with Crippen LogP contribution >= 0.6 is 0 Å². The second-order valence-corrected chi connectivity index (χ2v) is 6.09. The molecular formula is C19H18FN3O2. The lowest BCUT2D eigenvalue weighted by molar-refractivity contribution is 0.0855. The van der Waals surface area contributed by atoms with E-state index in [4.69, 9.17) is 4.74 Å². The van der Waals surface area contributed by atoms with Crippen LogP contribution in [0.3, 0.4) is 0 Å². The quantitative estimate of drug-likeness (QED) is 0.795. The van der Waals surface area contributed by atoms with E-state index in [2.05, 4.69) is 10.3 Å². The molecule has 1 N–H and O–H groups in total. The maximum atomic E-state index is 13.3. The number of hydrogen-bond donors (Lipinski definition) is 1. The van der Waals surface area contributed by atoms with E-state index in [1.165, 1.54) is 12.1 Å².